The third-order valence-electron chi connectivity index (χ3n) is 4.95. The lowest BCUT2D eigenvalue weighted by Gasteiger charge is -2.20. The van der Waals surface area contributed by atoms with Crippen LogP contribution in [0.25, 0.3) is 10.8 Å². The number of carbonyl (C=O) groups excluding carboxylic acids is 2. The maximum absolute atomic E-state index is 13.9. The predicted molar refractivity (Wildman–Crippen MR) is 123 cm³/mol. The first-order valence-corrected chi connectivity index (χ1v) is 10.4. The molecule has 2 N–H and O–H groups in total. The Morgan fingerprint density at radius 1 is 1.06 bits per heavy atom. The minimum Gasteiger partial charge on any atom is -0.493 e. The van der Waals surface area contributed by atoms with Crippen molar-refractivity contribution in [3.63, 3.8) is 0 Å². The van der Waals surface area contributed by atoms with Gasteiger partial charge in [-0.2, -0.15) is 5.10 Å². The monoisotopic (exact) mass is 435 g/mol. The van der Waals surface area contributed by atoms with E-state index in [0.717, 1.165) is 16.3 Å². The zero-order chi connectivity index (χ0) is 23.1. The maximum atomic E-state index is 13.9. The first kappa shape index (κ1) is 22.9. The van der Waals surface area contributed by atoms with E-state index in [9.17, 15) is 14.0 Å². The van der Waals surface area contributed by atoms with E-state index in [2.05, 4.69) is 15.8 Å². The van der Waals surface area contributed by atoms with Gasteiger partial charge in [0.15, 0.2) is 0 Å². The Labute approximate surface area is 186 Å². The number of nitrogens with one attached hydrogen (secondary N) is 2. The second kappa shape index (κ2) is 10.5. The van der Waals surface area contributed by atoms with Gasteiger partial charge in [-0.3, -0.25) is 9.59 Å². The molecule has 3 rings (SSSR count). The van der Waals surface area contributed by atoms with Gasteiger partial charge in [0.05, 0.1) is 18.4 Å². The molecular weight excluding hydrogens is 409 g/mol. The summed E-state index contributed by atoms with van der Waals surface area (Å²) in [5.41, 5.74) is 3.10. The van der Waals surface area contributed by atoms with Crippen molar-refractivity contribution in [1.29, 1.82) is 0 Å². The summed E-state index contributed by atoms with van der Waals surface area (Å²) < 4.78 is 19.6. The third-order valence-corrected chi connectivity index (χ3v) is 4.95. The minimum absolute atomic E-state index is 0.119. The Bertz CT molecular complexity index is 1140. The van der Waals surface area contributed by atoms with Gasteiger partial charge in [-0.05, 0) is 41.8 Å². The fourth-order valence-electron chi connectivity index (χ4n) is 3.32. The van der Waals surface area contributed by atoms with Crippen LogP contribution in [0.1, 0.15) is 36.7 Å². The van der Waals surface area contributed by atoms with E-state index in [0.29, 0.717) is 12.4 Å². The molecule has 0 aromatic heterocycles. The van der Waals surface area contributed by atoms with Crippen molar-refractivity contribution in [3.8, 4) is 5.75 Å². The predicted octanol–water partition coefficient (Wildman–Crippen LogP) is 4.28. The number of hydrazone groups is 1. The Balaban J connectivity index is 1.78. The molecule has 0 aliphatic heterocycles. The van der Waals surface area contributed by atoms with Gasteiger partial charge < -0.3 is 10.1 Å². The molecule has 0 aliphatic rings. The van der Waals surface area contributed by atoms with E-state index in [1.54, 1.807) is 19.9 Å². The number of nitrogens with zero attached hydrogens (tertiary/aromatic N) is 1. The Morgan fingerprint density at radius 2 is 1.78 bits per heavy atom. The lowest BCUT2D eigenvalue weighted by Crippen LogP contribution is -2.48. The van der Waals surface area contributed by atoms with Crippen LogP contribution in [-0.4, -0.2) is 30.7 Å². The number of rotatable bonds is 8. The molecule has 2 amide bonds. The van der Waals surface area contributed by atoms with Crippen LogP contribution in [0.15, 0.2) is 65.8 Å². The molecule has 0 heterocycles. The van der Waals surface area contributed by atoms with E-state index in [1.165, 1.54) is 24.4 Å². The van der Waals surface area contributed by atoms with Crippen LogP contribution in [0.4, 0.5) is 4.39 Å². The number of carbonyl (C=O) groups is 2. The van der Waals surface area contributed by atoms with E-state index in [-0.39, 0.29) is 11.5 Å². The fraction of sp³-hybridized carbons (Fsp3) is 0.240. The molecule has 6 nitrogen and oxygen atoms in total. The van der Waals surface area contributed by atoms with Gasteiger partial charge in [0.25, 0.3) is 11.8 Å². The molecular formula is C25H26FN3O3. The average molecular weight is 435 g/mol. The lowest BCUT2D eigenvalue weighted by molar-refractivity contribution is -0.123. The van der Waals surface area contributed by atoms with Gasteiger partial charge in [0, 0.05) is 5.56 Å². The van der Waals surface area contributed by atoms with Gasteiger partial charge in [-0.25, -0.2) is 9.82 Å². The van der Waals surface area contributed by atoms with Crippen molar-refractivity contribution in [1.82, 2.24) is 10.7 Å². The van der Waals surface area contributed by atoms with Gasteiger partial charge in [0.1, 0.15) is 17.6 Å². The maximum Gasteiger partial charge on any atom is 0.262 e. The molecule has 0 spiro atoms. The van der Waals surface area contributed by atoms with Gasteiger partial charge >= 0.3 is 0 Å². The Hall–Kier alpha value is -3.74. The van der Waals surface area contributed by atoms with E-state index in [4.69, 9.17) is 4.74 Å². The van der Waals surface area contributed by atoms with Crippen LogP contribution in [0.2, 0.25) is 0 Å². The zero-order valence-electron chi connectivity index (χ0n) is 18.3. The van der Waals surface area contributed by atoms with Crippen molar-refractivity contribution in [2.24, 2.45) is 11.0 Å². The van der Waals surface area contributed by atoms with Crippen LogP contribution in [0, 0.1) is 11.7 Å². The average Bonchev–Trinajstić information content (AvgIpc) is 2.78. The van der Waals surface area contributed by atoms with E-state index < -0.39 is 23.7 Å². The normalized spacial score (nSPS) is 12.2. The quantitative estimate of drug-likeness (QED) is 0.409. The summed E-state index contributed by atoms with van der Waals surface area (Å²) >= 11 is 0. The van der Waals surface area contributed by atoms with Gasteiger partial charge in [-0.1, -0.05) is 56.3 Å². The largest absolute Gasteiger partial charge is 0.493 e. The molecule has 0 fully saturated rings. The fourth-order valence-corrected chi connectivity index (χ4v) is 3.32. The molecule has 7 heteroatoms. The summed E-state index contributed by atoms with van der Waals surface area (Å²) in [6.45, 7) is 5.95. The highest BCUT2D eigenvalue weighted by Gasteiger charge is 2.25. The standard InChI is InChI=1S/C25H26FN3O3/c1-4-32-22-14-13-17-9-5-6-10-18(17)20(22)15-27-29-25(31)23(16(2)3)28-24(30)19-11-7-8-12-21(19)26/h5-16,23H,4H2,1-3H3,(H,28,30)(H,29,31). The van der Waals surface area contributed by atoms with Crippen molar-refractivity contribution in [2.45, 2.75) is 26.8 Å². The van der Waals surface area contributed by atoms with Crippen molar-refractivity contribution in [3.05, 3.63) is 77.6 Å². The second-order valence-corrected chi connectivity index (χ2v) is 7.54. The highest BCUT2D eigenvalue weighted by Crippen LogP contribution is 2.26. The van der Waals surface area contributed by atoms with Gasteiger partial charge in [-0.15, -0.1) is 0 Å². The zero-order valence-corrected chi connectivity index (χ0v) is 18.3. The molecule has 0 bridgehead atoms. The molecule has 1 atom stereocenters. The van der Waals surface area contributed by atoms with Crippen LogP contribution in [-0.2, 0) is 4.79 Å². The third kappa shape index (κ3) is 5.29. The summed E-state index contributed by atoms with van der Waals surface area (Å²) in [7, 11) is 0. The lowest BCUT2D eigenvalue weighted by atomic mass is 10.0. The number of halogens is 1. The summed E-state index contributed by atoms with van der Waals surface area (Å²) in [6, 6.07) is 16.3. The Morgan fingerprint density at radius 3 is 2.50 bits per heavy atom. The summed E-state index contributed by atoms with van der Waals surface area (Å²) in [5.74, 6) is -1.40. The SMILES string of the molecule is CCOc1ccc2ccccc2c1C=NNC(=O)C(NC(=O)c1ccccc1F)C(C)C. The summed E-state index contributed by atoms with van der Waals surface area (Å²) in [4.78, 5) is 25.2. The number of fused-ring (bicyclic) bond motifs is 1. The number of hydrogen-bond donors (Lipinski definition) is 2. The summed E-state index contributed by atoms with van der Waals surface area (Å²) in [6.07, 6.45) is 1.53. The van der Waals surface area contributed by atoms with E-state index >= 15 is 0 Å². The first-order chi connectivity index (χ1) is 15.4. The van der Waals surface area contributed by atoms with Gasteiger partial charge in [0.2, 0.25) is 0 Å². The Kier molecular flexibility index (Phi) is 7.54. The number of benzene rings is 3. The smallest absolute Gasteiger partial charge is 0.262 e. The van der Waals surface area contributed by atoms with Crippen molar-refractivity contribution < 1.29 is 18.7 Å². The molecule has 32 heavy (non-hydrogen) atoms. The van der Waals surface area contributed by atoms with Crippen molar-refractivity contribution in [2.75, 3.05) is 6.61 Å². The number of ether oxygens (including phenoxy) is 1. The molecule has 0 saturated carbocycles. The minimum atomic E-state index is -0.891. The first-order valence-electron chi connectivity index (χ1n) is 10.4. The van der Waals surface area contributed by atoms with Crippen LogP contribution in [0.5, 0.6) is 5.75 Å². The van der Waals surface area contributed by atoms with Crippen LogP contribution in [0.3, 0.4) is 0 Å². The number of amides is 2. The molecule has 0 radical (unpaired) electrons. The highest BCUT2D eigenvalue weighted by molar-refractivity contribution is 6.03. The molecule has 166 valence electrons. The second-order valence-electron chi connectivity index (χ2n) is 7.54. The molecule has 1 unspecified atom stereocenters. The molecule has 0 saturated heterocycles. The van der Waals surface area contributed by atoms with Crippen LogP contribution < -0.4 is 15.5 Å². The molecule has 0 aliphatic carbocycles. The molecule has 3 aromatic carbocycles. The van der Waals surface area contributed by atoms with Crippen molar-refractivity contribution >= 4 is 28.8 Å². The number of hydrogen-bond acceptors (Lipinski definition) is 4. The topological polar surface area (TPSA) is 79.8 Å². The highest BCUT2D eigenvalue weighted by atomic mass is 19.1. The molecule has 3 aromatic rings. The van der Waals surface area contributed by atoms with E-state index in [1.807, 2.05) is 43.3 Å². The van der Waals surface area contributed by atoms with Crippen LogP contribution >= 0.6 is 0 Å². The summed E-state index contributed by atoms with van der Waals surface area (Å²) in [5, 5.41) is 8.65.